The molecule has 0 bridgehead atoms. The number of hydrogen-bond donors (Lipinski definition) is 1. The van der Waals surface area contributed by atoms with Crippen LogP contribution in [0.15, 0.2) is 24.3 Å². The molecule has 2 atom stereocenters. The molecule has 1 saturated heterocycles. The summed E-state index contributed by atoms with van der Waals surface area (Å²) in [5, 5.41) is 9.03. The van der Waals surface area contributed by atoms with Gasteiger partial charge in [-0.2, -0.15) is 0 Å². The topological polar surface area (TPSA) is 57.6 Å². The number of hydrogen-bond acceptors (Lipinski definition) is 2. The molecule has 20 heavy (non-hydrogen) atoms. The maximum Gasteiger partial charge on any atom is 0.335 e. The van der Waals surface area contributed by atoms with Crippen LogP contribution in [0.5, 0.6) is 0 Å². The van der Waals surface area contributed by atoms with E-state index in [4.69, 9.17) is 5.11 Å². The van der Waals surface area contributed by atoms with Crippen molar-refractivity contribution in [3.05, 3.63) is 35.4 Å². The number of carbonyl (C=O) groups excluding carboxylic acids is 1. The summed E-state index contributed by atoms with van der Waals surface area (Å²) in [5.74, 6) is -0.350. The van der Waals surface area contributed by atoms with Crippen LogP contribution in [0.1, 0.15) is 52.8 Å². The first-order valence-corrected chi connectivity index (χ1v) is 7.31. The summed E-state index contributed by atoms with van der Waals surface area (Å²) >= 11 is 0. The number of carbonyl (C=O) groups is 2. The molecule has 3 rings (SSSR count). The Labute approximate surface area is 118 Å². The molecular weight excluding hydrogens is 254 g/mol. The molecule has 1 heterocycles. The zero-order valence-electron chi connectivity index (χ0n) is 11.4. The first-order valence-electron chi connectivity index (χ1n) is 7.31. The molecule has 1 aliphatic heterocycles. The molecule has 0 unspecified atom stereocenters. The zero-order valence-corrected chi connectivity index (χ0v) is 11.4. The van der Waals surface area contributed by atoms with Gasteiger partial charge in [0.15, 0.2) is 0 Å². The lowest BCUT2D eigenvalue weighted by molar-refractivity contribution is 0.0548. The Bertz CT molecular complexity index is 540. The average Bonchev–Trinajstić information content (AvgIpc) is 2.95. The van der Waals surface area contributed by atoms with E-state index in [-0.39, 0.29) is 11.5 Å². The van der Waals surface area contributed by atoms with Gasteiger partial charge in [-0.1, -0.05) is 12.5 Å². The lowest BCUT2D eigenvalue weighted by atomic mass is 9.91. The van der Waals surface area contributed by atoms with E-state index >= 15 is 0 Å². The van der Waals surface area contributed by atoms with Crippen LogP contribution in [-0.4, -0.2) is 34.5 Å². The lowest BCUT2D eigenvalue weighted by Gasteiger charge is -2.37. The fraction of sp³-hybridized carbons (Fsp3) is 0.500. The molecule has 2 fully saturated rings. The van der Waals surface area contributed by atoms with E-state index in [1.807, 2.05) is 4.90 Å². The molecule has 0 spiro atoms. The van der Waals surface area contributed by atoms with E-state index in [9.17, 15) is 9.59 Å². The minimum absolute atomic E-state index is 0.00954. The predicted molar refractivity (Wildman–Crippen MR) is 74.8 cm³/mol. The van der Waals surface area contributed by atoms with Gasteiger partial charge in [0.2, 0.25) is 0 Å². The minimum atomic E-state index is -0.989. The predicted octanol–water partition coefficient (Wildman–Crippen LogP) is 2.79. The SMILES string of the molecule is O=C(O)c1cccc(C(=O)N2CCC[C@@H]3CCC[C@@H]32)c1. The van der Waals surface area contributed by atoms with Gasteiger partial charge in [0.05, 0.1) is 5.56 Å². The molecule has 1 aromatic rings. The quantitative estimate of drug-likeness (QED) is 0.901. The van der Waals surface area contributed by atoms with Crippen molar-refractivity contribution < 1.29 is 14.7 Å². The van der Waals surface area contributed by atoms with Gasteiger partial charge in [-0.05, 0) is 49.8 Å². The maximum atomic E-state index is 12.7. The number of benzene rings is 1. The van der Waals surface area contributed by atoms with Gasteiger partial charge in [-0.15, -0.1) is 0 Å². The highest BCUT2D eigenvalue weighted by atomic mass is 16.4. The van der Waals surface area contributed by atoms with Gasteiger partial charge < -0.3 is 10.0 Å². The molecule has 4 nitrogen and oxygen atoms in total. The van der Waals surface area contributed by atoms with E-state index < -0.39 is 5.97 Å². The Kier molecular flexibility index (Phi) is 3.47. The summed E-state index contributed by atoms with van der Waals surface area (Å²) in [4.78, 5) is 25.6. The van der Waals surface area contributed by atoms with E-state index in [0.717, 1.165) is 19.4 Å². The Balaban J connectivity index is 1.84. The molecular formula is C16H19NO3. The summed E-state index contributed by atoms with van der Waals surface area (Å²) in [5.41, 5.74) is 0.674. The summed E-state index contributed by atoms with van der Waals surface area (Å²) in [6.45, 7) is 0.803. The molecule has 4 heteroatoms. The second-order valence-corrected chi connectivity index (χ2v) is 5.79. The highest BCUT2D eigenvalue weighted by Gasteiger charge is 2.37. The van der Waals surface area contributed by atoms with E-state index in [0.29, 0.717) is 17.5 Å². The highest BCUT2D eigenvalue weighted by molar-refractivity contribution is 5.97. The molecule has 2 aliphatic rings. The van der Waals surface area contributed by atoms with Gasteiger partial charge in [-0.25, -0.2) is 4.79 Å². The van der Waals surface area contributed by atoms with Crippen molar-refractivity contribution in [1.29, 1.82) is 0 Å². The average molecular weight is 273 g/mol. The highest BCUT2D eigenvalue weighted by Crippen LogP contribution is 2.37. The standard InChI is InChI=1S/C16H19NO3/c18-15(12-5-1-6-13(10-12)16(19)20)17-9-3-7-11-4-2-8-14(11)17/h1,5-6,10-11,14H,2-4,7-9H2,(H,19,20)/t11-,14-/m0/s1. The number of fused-ring (bicyclic) bond motifs is 1. The molecule has 1 aromatic carbocycles. The molecule has 0 aromatic heterocycles. The van der Waals surface area contributed by atoms with Gasteiger partial charge in [0.25, 0.3) is 5.91 Å². The van der Waals surface area contributed by atoms with Crippen LogP contribution in [0, 0.1) is 5.92 Å². The van der Waals surface area contributed by atoms with Crippen LogP contribution in [0.3, 0.4) is 0 Å². The summed E-state index contributed by atoms with van der Waals surface area (Å²) in [6, 6.07) is 6.74. The molecule has 1 aliphatic carbocycles. The van der Waals surface area contributed by atoms with Crippen molar-refractivity contribution in [3.63, 3.8) is 0 Å². The summed E-state index contributed by atoms with van der Waals surface area (Å²) in [7, 11) is 0. The normalized spacial score (nSPS) is 25.3. The van der Waals surface area contributed by atoms with E-state index in [1.54, 1.807) is 12.1 Å². The van der Waals surface area contributed by atoms with Crippen LogP contribution in [0.25, 0.3) is 0 Å². The van der Waals surface area contributed by atoms with Crippen molar-refractivity contribution in [1.82, 2.24) is 4.90 Å². The van der Waals surface area contributed by atoms with E-state index in [2.05, 4.69) is 0 Å². The van der Waals surface area contributed by atoms with Gasteiger partial charge >= 0.3 is 5.97 Å². The number of likely N-dealkylation sites (tertiary alicyclic amines) is 1. The van der Waals surface area contributed by atoms with Gasteiger partial charge in [0, 0.05) is 18.2 Å². The van der Waals surface area contributed by atoms with Gasteiger partial charge in [-0.3, -0.25) is 4.79 Å². The third-order valence-corrected chi connectivity index (χ3v) is 4.61. The Morgan fingerprint density at radius 2 is 1.85 bits per heavy atom. The van der Waals surface area contributed by atoms with Crippen LogP contribution in [0.2, 0.25) is 0 Å². The van der Waals surface area contributed by atoms with E-state index in [1.165, 1.54) is 31.4 Å². The van der Waals surface area contributed by atoms with Crippen LogP contribution in [-0.2, 0) is 0 Å². The second-order valence-electron chi connectivity index (χ2n) is 5.79. The molecule has 1 N–H and O–H groups in total. The smallest absolute Gasteiger partial charge is 0.335 e. The van der Waals surface area contributed by atoms with Crippen LogP contribution >= 0.6 is 0 Å². The third kappa shape index (κ3) is 2.30. The third-order valence-electron chi connectivity index (χ3n) is 4.61. The first kappa shape index (κ1) is 13.2. The van der Waals surface area contributed by atoms with Crippen molar-refractivity contribution in [2.75, 3.05) is 6.54 Å². The Morgan fingerprint density at radius 3 is 2.65 bits per heavy atom. The molecule has 0 radical (unpaired) electrons. The molecule has 106 valence electrons. The number of carboxylic acids is 1. The number of amides is 1. The second kappa shape index (κ2) is 5.27. The lowest BCUT2D eigenvalue weighted by Crippen LogP contribution is -2.46. The summed E-state index contributed by atoms with van der Waals surface area (Å²) in [6.07, 6.45) is 5.81. The number of carboxylic acid groups (broad SMARTS) is 1. The fourth-order valence-corrected chi connectivity index (χ4v) is 3.66. The van der Waals surface area contributed by atoms with Gasteiger partial charge in [0.1, 0.15) is 0 Å². The minimum Gasteiger partial charge on any atom is -0.478 e. The number of piperidine rings is 1. The summed E-state index contributed by atoms with van der Waals surface area (Å²) < 4.78 is 0. The number of nitrogens with zero attached hydrogens (tertiary/aromatic N) is 1. The fourth-order valence-electron chi connectivity index (χ4n) is 3.66. The van der Waals surface area contributed by atoms with Crippen LogP contribution in [0.4, 0.5) is 0 Å². The number of rotatable bonds is 2. The van der Waals surface area contributed by atoms with Crippen molar-refractivity contribution in [2.24, 2.45) is 5.92 Å². The van der Waals surface area contributed by atoms with Crippen LogP contribution < -0.4 is 0 Å². The van der Waals surface area contributed by atoms with Crippen molar-refractivity contribution in [2.45, 2.75) is 38.1 Å². The molecule has 1 saturated carbocycles. The largest absolute Gasteiger partial charge is 0.478 e. The van der Waals surface area contributed by atoms with Crippen molar-refractivity contribution in [3.8, 4) is 0 Å². The Hall–Kier alpha value is -1.84. The Morgan fingerprint density at radius 1 is 1.10 bits per heavy atom. The monoisotopic (exact) mass is 273 g/mol. The zero-order chi connectivity index (χ0) is 14.1. The maximum absolute atomic E-state index is 12.7. The van der Waals surface area contributed by atoms with Crippen molar-refractivity contribution >= 4 is 11.9 Å². The molecule has 1 amide bonds. The first-order chi connectivity index (χ1) is 9.66. The number of aromatic carboxylic acids is 1.